The van der Waals surface area contributed by atoms with Crippen molar-refractivity contribution in [2.75, 3.05) is 4.72 Å². The number of hydrogen-bond donors (Lipinski definition) is 2. The fraction of sp³-hybridized carbons (Fsp3) is 0.357. The summed E-state index contributed by atoms with van der Waals surface area (Å²) < 4.78 is 28.9. The Morgan fingerprint density at radius 3 is 2.67 bits per heavy atom. The molecule has 0 spiro atoms. The van der Waals surface area contributed by atoms with E-state index in [1.54, 1.807) is 19.9 Å². The summed E-state index contributed by atoms with van der Waals surface area (Å²) in [7, 11) is -3.73. The Bertz CT molecular complexity index is 751. The van der Waals surface area contributed by atoms with E-state index in [0.717, 1.165) is 13.0 Å². The Labute approximate surface area is 124 Å². The average molecular weight is 309 g/mol. The molecule has 0 bridgehead atoms. The summed E-state index contributed by atoms with van der Waals surface area (Å²) in [6, 6.07) is 4.53. The predicted molar refractivity (Wildman–Crippen MR) is 80.9 cm³/mol. The lowest BCUT2D eigenvalue weighted by Gasteiger charge is -2.07. The number of rotatable bonds is 5. The second kappa shape index (κ2) is 5.77. The third-order valence-corrected chi connectivity index (χ3v) is 4.39. The Balaban J connectivity index is 2.29. The summed E-state index contributed by atoms with van der Waals surface area (Å²) in [6.07, 6.45) is 2.44. The van der Waals surface area contributed by atoms with E-state index in [2.05, 4.69) is 9.71 Å². The lowest BCUT2D eigenvalue weighted by atomic mass is 10.2. The molecule has 2 aromatic rings. The van der Waals surface area contributed by atoms with E-state index in [0.29, 0.717) is 17.1 Å². The van der Waals surface area contributed by atoms with E-state index in [1.807, 2.05) is 11.5 Å². The van der Waals surface area contributed by atoms with Crippen molar-refractivity contribution < 1.29 is 13.5 Å². The van der Waals surface area contributed by atoms with Gasteiger partial charge in [0.05, 0.1) is 0 Å². The molecule has 0 atom stereocenters. The quantitative estimate of drug-likeness (QED) is 0.831. The highest BCUT2D eigenvalue weighted by Crippen LogP contribution is 2.22. The molecule has 1 aromatic carbocycles. The number of sulfonamides is 1. The van der Waals surface area contributed by atoms with Gasteiger partial charge in [0.2, 0.25) is 0 Å². The first-order valence-electron chi connectivity index (χ1n) is 6.69. The first-order chi connectivity index (χ1) is 9.83. The number of hydrogen-bond acceptors (Lipinski definition) is 4. The molecule has 0 saturated carbocycles. The summed E-state index contributed by atoms with van der Waals surface area (Å²) in [6.45, 7) is 6.23. The molecule has 0 fully saturated rings. The summed E-state index contributed by atoms with van der Waals surface area (Å²) in [5.74, 6) is 0.792. The van der Waals surface area contributed by atoms with Crippen LogP contribution >= 0.6 is 0 Å². The topological polar surface area (TPSA) is 84.2 Å². The number of benzene rings is 1. The van der Waals surface area contributed by atoms with Gasteiger partial charge in [0.1, 0.15) is 11.6 Å². The number of nitrogens with zero attached hydrogens (tertiary/aromatic N) is 2. The lowest BCUT2D eigenvalue weighted by molar-refractivity contribution is 0.471. The van der Waals surface area contributed by atoms with Crippen molar-refractivity contribution in [2.24, 2.45) is 0 Å². The van der Waals surface area contributed by atoms with Gasteiger partial charge in [0.25, 0.3) is 10.0 Å². The predicted octanol–water partition coefficient (Wildman–Crippen LogP) is 2.42. The maximum atomic E-state index is 12.3. The lowest BCUT2D eigenvalue weighted by Crippen LogP contribution is -2.13. The van der Waals surface area contributed by atoms with Crippen molar-refractivity contribution in [3.05, 3.63) is 35.8 Å². The van der Waals surface area contributed by atoms with Crippen LogP contribution in [0, 0.1) is 13.8 Å². The summed E-state index contributed by atoms with van der Waals surface area (Å²) in [4.78, 5) is 4.10. The normalized spacial score (nSPS) is 11.6. The highest BCUT2D eigenvalue weighted by molar-refractivity contribution is 7.92. The SMILES string of the molecule is CCCn1cc(S(=O)(=O)Nc2ccc(O)c(C)c2)nc1C. The smallest absolute Gasteiger partial charge is 0.280 e. The van der Waals surface area contributed by atoms with Crippen LogP contribution in [0.25, 0.3) is 0 Å². The van der Waals surface area contributed by atoms with Crippen LogP contribution in [0.2, 0.25) is 0 Å². The number of aromatic nitrogens is 2. The fourth-order valence-electron chi connectivity index (χ4n) is 2.00. The molecule has 6 nitrogen and oxygen atoms in total. The molecule has 1 aromatic heterocycles. The zero-order valence-corrected chi connectivity index (χ0v) is 13.1. The van der Waals surface area contributed by atoms with Crippen LogP contribution < -0.4 is 4.72 Å². The molecule has 0 aliphatic heterocycles. The highest BCUT2D eigenvalue weighted by atomic mass is 32.2. The average Bonchev–Trinajstić information content (AvgIpc) is 2.77. The Hall–Kier alpha value is -2.02. The molecule has 21 heavy (non-hydrogen) atoms. The molecule has 0 aliphatic rings. The van der Waals surface area contributed by atoms with Gasteiger partial charge in [0.15, 0.2) is 5.03 Å². The molecule has 2 N–H and O–H groups in total. The van der Waals surface area contributed by atoms with Crippen molar-refractivity contribution in [1.29, 1.82) is 0 Å². The van der Waals surface area contributed by atoms with Crippen LogP contribution in [-0.2, 0) is 16.6 Å². The van der Waals surface area contributed by atoms with Crippen LogP contribution in [0.15, 0.2) is 29.4 Å². The van der Waals surface area contributed by atoms with Gasteiger partial charge in [0, 0.05) is 18.4 Å². The summed E-state index contributed by atoms with van der Waals surface area (Å²) in [5, 5.41) is 9.46. The largest absolute Gasteiger partial charge is 0.508 e. The maximum Gasteiger partial charge on any atom is 0.280 e. The maximum absolute atomic E-state index is 12.3. The molecular formula is C14H19N3O3S. The second-order valence-electron chi connectivity index (χ2n) is 4.93. The number of anilines is 1. The van der Waals surface area contributed by atoms with Crippen LogP contribution in [0.3, 0.4) is 0 Å². The van der Waals surface area contributed by atoms with Gasteiger partial charge in [-0.2, -0.15) is 8.42 Å². The van der Waals surface area contributed by atoms with Crippen molar-refractivity contribution in [3.8, 4) is 5.75 Å². The number of aromatic hydroxyl groups is 1. The molecule has 7 heteroatoms. The first-order valence-corrected chi connectivity index (χ1v) is 8.18. The molecule has 0 aliphatic carbocycles. The van der Waals surface area contributed by atoms with Crippen molar-refractivity contribution in [1.82, 2.24) is 9.55 Å². The molecule has 114 valence electrons. The Morgan fingerprint density at radius 2 is 2.05 bits per heavy atom. The molecule has 0 unspecified atom stereocenters. The Kier molecular flexibility index (Phi) is 4.22. The van der Waals surface area contributed by atoms with E-state index in [-0.39, 0.29) is 10.8 Å². The summed E-state index contributed by atoms with van der Waals surface area (Å²) >= 11 is 0. The van der Waals surface area contributed by atoms with E-state index in [9.17, 15) is 13.5 Å². The van der Waals surface area contributed by atoms with Gasteiger partial charge in [-0.05, 0) is 44.0 Å². The zero-order valence-electron chi connectivity index (χ0n) is 12.3. The van der Waals surface area contributed by atoms with Crippen molar-refractivity contribution in [3.63, 3.8) is 0 Å². The second-order valence-corrected chi connectivity index (χ2v) is 6.56. The highest BCUT2D eigenvalue weighted by Gasteiger charge is 2.19. The van der Waals surface area contributed by atoms with Gasteiger partial charge in [-0.25, -0.2) is 4.98 Å². The molecule has 0 saturated heterocycles. The van der Waals surface area contributed by atoms with Crippen LogP contribution in [-0.4, -0.2) is 23.1 Å². The standard InChI is InChI=1S/C14H19N3O3S/c1-4-7-17-9-14(15-11(17)3)21(19,20)16-12-5-6-13(18)10(2)8-12/h5-6,8-9,16,18H,4,7H2,1-3H3. The number of phenolic OH excluding ortho intramolecular Hbond substituents is 1. The number of aryl methyl sites for hydroxylation is 3. The van der Waals surface area contributed by atoms with Gasteiger partial charge in [-0.1, -0.05) is 6.92 Å². The number of phenols is 1. The number of imidazole rings is 1. The minimum atomic E-state index is -3.73. The van der Waals surface area contributed by atoms with E-state index in [4.69, 9.17) is 0 Å². The van der Waals surface area contributed by atoms with E-state index >= 15 is 0 Å². The molecule has 2 rings (SSSR count). The minimum absolute atomic E-state index is 0.000761. The van der Waals surface area contributed by atoms with Crippen LogP contribution in [0.1, 0.15) is 24.7 Å². The molecule has 0 amide bonds. The summed E-state index contributed by atoms with van der Waals surface area (Å²) in [5.41, 5.74) is 0.996. The molecule has 0 radical (unpaired) electrons. The monoisotopic (exact) mass is 309 g/mol. The van der Waals surface area contributed by atoms with Gasteiger partial charge >= 0.3 is 0 Å². The van der Waals surface area contributed by atoms with Crippen LogP contribution in [0.4, 0.5) is 5.69 Å². The van der Waals surface area contributed by atoms with Crippen LogP contribution in [0.5, 0.6) is 5.75 Å². The number of nitrogens with one attached hydrogen (secondary N) is 1. The van der Waals surface area contributed by atoms with Gasteiger partial charge < -0.3 is 9.67 Å². The first kappa shape index (κ1) is 15.4. The van der Waals surface area contributed by atoms with Crippen molar-refractivity contribution in [2.45, 2.75) is 38.8 Å². The fourth-order valence-corrected chi connectivity index (χ4v) is 3.06. The van der Waals surface area contributed by atoms with E-state index < -0.39 is 10.0 Å². The van der Waals surface area contributed by atoms with Gasteiger partial charge in [-0.15, -0.1) is 0 Å². The third kappa shape index (κ3) is 3.36. The van der Waals surface area contributed by atoms with Crippen molar-refractivity contribution >= 4 is 15.7 Å². The van der Waals surface area contributed by atoms with E-state index in [1.165, 1.54) is 18.3 Å². The van der Waals surface area contributed by atoms with Gasteiger partial charge in [-0.3, -0.25) is 4.72 Å². The Morgan fingerprint density at radius 1 is 1.33 bits per heavy atom. The minimum Gasteiger partial charge on any atom is -0.508 e. The molecular weight excluding hydrogens is 290 g/mol. The molecule has 1 heterocycles. The third-order valence-electron chi connectivity index (χ3n) is 3.14. The zero-order chi connectivity index (χ0) is 15.6.